The van der Waals surface area contributed by atoms with Crippen molar-refractivity contribution in [2.75, 3.05) is 5.32 Å². The number of non-ortho nitro benzene ring substituents is 1. The molecule has 2 aromatic rings. The van der Waals surface area contributed by atoms with Gasteiger partial charge in [-0.25, -0.2) is 0 Å². The molecule has 0 saturated heterocycles. The van der Waals surface area contributed by atoms with Crippen LogP contribution in [0.5, 0.6) is 0 Å². The molecular weight excluding hydrogens is 302 g/mol. The number of pyridine rings is 1. The van der Waals surface area contributed by atoms with Crippen molar-refractivity contribution in [3.8, 4) is 0 Å². The molecule has 1 aromatic carbocycles. The maximum Gasteiger partial charge on any atom is 0.269 e. The van der Waals surface area contributed by atoms with Crippen molar-refractivity contribution >= 4 is 34.4 Å². The third-order valence-electron chi connectivity index (χ3n) is 2.70. The van der Waals surface area contributed by atoms with Gasteiger partial charge in [0.05, 0.1) is 16.3 Å². The predicted molar refractivity (Wildman–Crippen MR) is 88.9 cm³/mol. The number of benzene rings is 1. The number of nitro groups is 1. The third-order valence-corrected chi connectivity index (χ3v) is 2.89. The number of nitrogens with zero attached hydrogens (tertiary/aromatic N) is 3. The summed E-state index contributed by atoms with van der Waals surface area (Å²) in [4.78, 5) is 14.3. The second kappa shape index (κ2) is 7.23. The molecule has 0 amide bonds. The number of aromatic nitrogens is 1. The van der Waals surface area contributed by atoms with Crippen molar-refractivity contribution in [2.24, 2.45) is 5.10 Å². The number of hydrazone groups is 1. The summed E-state index contributed by atoms with van der Waals surface area (Å²) in [6.07, 6.45) is 1.68. The highest BCUT2D eigenvalue weighted by Crippen LogP contribution is 2.15. The van der Waals surface area contributed by atoms with Crippen LogP contribution in [0.1, 0.15) is 12.6 Å². The van der Waals surface area contributed by atoms with Gasteiger partial charge in [-0.05, 0) is 43.4 Å². The maximum absolute atomic E-state index is 10.6. The largest absolute Gasteiger partial charge is 0.331 e. The van der Waals surface area contributed by atoms with E-state index in [1.165, 1.54) is 12.1 Å². The zero-order valence-corrected chi connectivity index (χ0v) is 12.5. The van der Waals surface area contributed by atoms with Crippen LogP contribution in [0.15, 0.2) is 53.8 Å². The van der Waals surface area contributed by atoms with Crippen LogP contribution in [0, 0.1) is 10.1 Å². The van der Waals surface area contributed by atoms with Crippen molar-refractivity contribution < 1.29 is 4.92 Å². The van der Waals surface area contributed by atoms with E-state index in [-0.39, 0.29) is 10.8 Å². The van der Waals surface area contributed by atoms with Crippen molar-refractivity contribution in [2.45, 2.75) is 6.92 Å². The van der Waals surface area contributed by atoms with E-state index in [2.05, 4.69) is 20.8 Å². The lowest BCUT2D eigenvalue weighted by atomic mass is 10.3. The minimum Gasteiger partial charge on any atom is -0.331 e. The summed E-state index contributed by atoms with van der Waals surface area (Å²) in [5.41, 5.74) is 4.79. The first-order valence-electron chi connectivity index (χ1n) is 6.33. The Morgan fingerprint density at radius 2 is 2.00 bits per heavy atom. The summed E-state index contributed by atoms with van der Waals surface area (Å²) in [5.74, 6) is 0. The van der Waals surface area contributed by atoms with Gasteiger partial charge in [0, 0.05) is 24.0 Å². The Morgan fingerprint density at radius 1 is 1.27 bits per heavy atom. The fourth-order valence-electron chi connectivity index (χ4n) is 1.59. The van der Waals surface area contributed by atoms with E-state index >= 15 is 0 Å². The molecule has 0 aliphatic carbocycles. The van der Waals surface area contributed by atoms with Gasteiger partial charge in [0.15, 0.2) is 5.11 Å². The second-order valence-electron chi connectivity index (χ2n) is 4.28. The van der Waals surface area contributed by atoms with E-state index in [4.69, 9.17) is 12.2 Å². The van der Waals surface area contributed by atoms with Crippen molar-refractivity contribution in [3.05, 3.63) is 64.5 Å². The van der Waals surface area contributed by atoms with E-state index in [1.807, 2.05) is 25.1 Å². The Kier molecular flexibility index (Phi) is 5.10. The zero-order chi connectivity index (χ0) is 15.9. The molecule has 0 fully saturated rings. The Bertz CT molecular complexity index is 701. The number of anilines is 1. The average Bonchev–Trinajstić information content (AvgIpc) is 2.54. The van der Waals surface area contributed by atoms with E-state index in [0.29, 0.717) is 11.4 Å². The fourth-order valence-corrected chi connectivity index (χ4v) is 1.76. The molecule has 0 bridgehead atoms. The molecule has 7 nitrogen and oxygen atoms in total. The number of thiocarbonyl (C=S) groups is 1. The minimum atomic E-state index is -0.457. The number of nitrogens with one attached hydrogen (secondary N) is 2. The average molecular weight is 315 g/mol. The molecule has 0 saturated carbocycles. The first-order valence-corrected chi connectivity index (χ1v) is 6.74. The Balaban J connectivity index is 1.94. The summed E-state index contributed by atoms with van der Waals surface area (Å²) < 4.78 is 0. The molecular formula is C14H13N5O2S. The molecule has 2 rings (SSSR count). The van der Waals surface area contributed by atoms with Gasteiger partial charge in [-0.3, -0.25) is 20.5 Å². The monoisotopic (exact) mass is 315 g/mol. The summed E-state index contributed by atoms with van der Waals surface area (Å²) in [6, 6.07) is 11.5. The molecule has 0 aliphatic heterocycles. The van der Waals surface area contributed by atoms with Crippen molar-refractivity contribution in [1.29, 1.82) is 0 Å². The van der Waals surface area contributed by atoms with Crippen LogP contribution >= 0.6 is 12.2 Å². The first kappa shape index (κ1) is 15.5. The molecule has 8 heteroatoms. The van der Waals surface area contributed by atoms with Crippen LogP contribution < -0.4 is 10.7 Å². The standard InChI is InChI=1S/C14H13N5O2S/c1-10(13-4-2-3-9-15-13)17-18-14(22)16-11-5-7-12(8-6-11)19(20)21/h2-9H,1H3,(H2,16,18,22). The minimum absolute atomic E-state index is 0.0217. The van der Waals surface area contributed by atoms with E-state index in [9.17, 15) is 10.1 Å². The van der Waals surface area contributed by atoms with Crippen molar-refractivity contribution in [1.82, 2.24) is 10.4 Å². The van der Waals surface area contributed by atoms with Crippen LogP contribution in [-0.4, -0.2) is 20.7 Å². The smallest absolute Gasteiger partial charge is 0.269 e. The molecule has 22 heavy (non-hydrogen) atoms. The molecule has 0 radical (unpaired) electrons. The third kappa shape index (κ3) is 4.32. The second-order valence-corrected chi connectivity index (χ2v) is 4.69. The lowest BCUT2D eigenvalue weighted by Gasteiger charge is -2.07. The topological polar surface area (TPSA) is 92.5 Å². The van der Waals surface area contributed by atoms with Gasteiger partial charge < -0.3 is 5.32 Å². The Labute approximate surface area is 132 Å². The van der Waals surface area contributed by atoms with Crippen molar-refractivity contribution in [3.63, 3.8) is 0 Å². The van der Waals surface area contributed by atoms with E-state index in [1.54, 1.807) is 18.3 Å². The van der Waals surface area contributed by atoms with Gasteiger partial charge in [0.1, 0.15) is 0 Å². The lowest BCUT2D eigenvalue weighted by Crippen LogP contribution is -2.25. The SMILES string of the molecule is CC(=NNC(=S)Nc1ccc([N+](=O)[O-])cc1)c1ccccn1. The van der Waals surface area contributed by atoms with E-state index in [0.717, 1.165) is 5.69 Å². The van der Waals surface area contributed by atoms with Gasteiger partial charge in [-0.2, -0.15) is 5.10 Å². The van der Waals surface area contributed by atoms with Crippen LogP contribution in [0.4, 0.5) is 11.4 Å². The highest BCUT2D eigenvalue weighted by Gasteiger charge is 2.04. The molecule has 112 valence electrons. The fraction of sp³-hybridized carbons (Fsp3) is 0.0714. The van der Waals surface area contributed by atoms with Gasteiger partial charge in [0.25, 0.3) is 5.69 Å². The molecule has 1 aromatic heterocycles. The van der Waals surface area contributed by atoms with Gasteiger partial charge >= 0.3 is 0 Å². The van der Waals surface area contributed by atoms with Crippen LogP contribution in [0.2, 0.25) is 0 Å². The molecule has 2 N–H and O–H groups in total. The molecule has 0 atom stereocenters. The number of hydrogen-bond acceptors (Lipinski definition) is 5. The summed E-state index contributed by atoms with van der Waals surface area (Å²) >= 11 is 5.11. The first-order chi connectivity index (χ1) is 10.6. The number of hydrogen-bond donors (Lipinski definition) is 2. The lowest BCUT2D eigenvalue weighted by molar-refractivity contribution is -0.384. The van der Waals surface area contributed by atoms with Crippen LogP contribution in [0.3, 0.4) is 0 Å². The van der Waals surface area contributed by atoms with Gasteiger partial charge in [-0.15, -0.1) is 0 Å². The van der Waals surface area contributed by atoms with Crippen LogP contribution in [0.25, 0.3) is 0 Å². The van der Waals surface area contributed by atoms with Gasteiger partial charge in [0.2, 0.25) is 0 Å². The quantitative estimate of drug-likeness (QED) is 0.390. The summed E-state index contributed by atoms with van der Waals surface area (Å²) in [6.45, 7) is 1.81. The Hall–Kier alpha value is -2.87. The number of rotatable bonds is 4. The highest BCUT2D eigenvalue weighted by atomic mass is 32.1. The predicted octanol–water partition coefficient (Wildman–Crippen LogP) is 2.70. The molecule has 0 spiro atoms. The zero-order valence-electron chi connectivity index (χ0n) is 11.7. The molecule has 1 heterocycles. The summed E-state index contributed by atoms with van der Waals surface area (Å²) in [5, 5.41) is 17.9. The van der Waals surface area contributed by atoms with Crippen LogP contribution in [-0.2, 0) is 0 Å². The Morgan fingerprint density at radius 3 is 2.59 bits per heavy atom. The number of nitro benzene ring substituents is 1. The molecule has 0 aliphatic rings. The normalized spacial score (nSPS) is 10.9. The van der Waals surface area contributed by atoms with Gasteiger partial charge in [-0.1, -0.05) is 6.07 Å². The summed E-state index contributed by atoms with van der Waals surface area (Å²) in [7, 11) is 0. The highest BCUT2D eigenvalue weighted by molar-refractivity contribution is 7.80. The molecule has 0 unspecified atom stereocenters. The maximum atomic E-state index is 10.6. The van der Waals surface area contributed by atoms with E-state index < -0.39 is 4.92 Å².